The molecule has 2 saturated heterocycles. The average Bonchev–Trinajstić information content (AvgIpc) is 3.24. The lowest BCUT2D eigenvalue weighted by Crippen LogP contribution is -2.40. The highest BCUT2D eigenvalue weighted by Crippen LogP contribution is 2.21. The van der Waals surface area contributed by atoms with E-state index in [1.807, 2.05) is 0 Å². The molecule has 0 saturated carbocycles. The SMILES string of the molecule is O=C(NCc1ccc(S(=O)(=O)N2CCOCC2)cc1)Nc1cccc(N2CCNC2=O)c1. The molecule has 2 aliphatic rings. The first kappa shape index (κ1) is 22.1. The van der Waals surface area contributed by atoms with Gasteiger partial charge in [-0.3, -0.25) is 4.90 Å². The van der Waals surface area contributed by atoms with E-state index in [0.29, 0.717) is 50.8 Å². The van der Waals surface area contributed by atoms with E-state index >= 15 is 0 Å². The molecule has 2 fully saturated rings. The van der Waals surface area contributed by atoms with Crippen molar-refractivity contribution in [1.82, 2.24) is 14.9 Å². The van der Waals surface area contributed by atoms with Crippen LogP contribution in [0.15, 0.2) is 53.4 Å². The van der Waals surface area contributed by atoms with Gasteiger partial charge in [-0.25, -0.2) is 18.0 Å². The number of hydrogen-bond acceptors (Lipinski definition) is 5. The second kappa shape index (κ2) is 9.55. The highest BCUT2D eigenvalue weighted by molar-refractivity contribution is 7.89. The molecule has 10 nitrogen and oxygen atoms in total. The van der Waals surface area contributed by atoms with Crippen LogP contribution in [0.1, 0.15) is 5.56 Å². The quantitative estimate of drug-likeness (QED) is 0.606. The fraction of sp³-hybridized carbons (Fsp3) is 0.333. The monoisotopic (exact) mass is 459 g/mol. The Balaban J connectivity index is 1.32. The number of sulfonamides is 1. The molecule has 2 aromatic carbocycles. The number of amides is 4. The molecule has 0 spiro atoms. The third kappa shape index (κ3) is 5.01. The zero-order valence-corrected chi connectivity index (χ0v) is 18.2. The lowest BCUT2D eigenvalue weighted by molar-refractivity contribution is 0.0730. The van der Waals surface area contributed by atoms with Crippen molar-refractivity contribution in [2.24, 2.45) is 0 Å². The van der Waals surface area contributed by atoms with Gasteiger partial charge in [-0.15, -0.1) is 0 Å². The van der Waals surface area contributed by atoms with Crippen LogP contribution >= 0.6 is 0 Å². The summed E-state index contributed by atoms with van der Waals surface area (Å²) in [5.74, 6) is 0. The summed E-state index contributed by atoms with van der Waals surface area (Å²) in [4.78, 5) is 25.9. The summed E-state index contributed by atoms with van der Waals surface area (Å²) >= 11 is 0. The Hall–Kier alpha value is -3.15. The van der Waals surface area contributed by atoms with Crippen molar-refractivity contribution >= 4 is 33.5 Å². The largest absolute Gasteiger partial charge is 0.379 e. The Morgan fingerprint density at radius 1 is 1.06 bits per heavy atom. The zero-order valence-electron chi connectivity index (χ0n) is 17.4. The Morgan fingerprint density at radius 3 is 2.50 bits per heavy atom. The maximum absolute atomic E-state index is 12.7. The van der Waals surface area contributed by atoms with Gasteiger partial charge in [-0.1, -0.05) is 18.2 Å². The summed E-state index contributed by atoms with van der Waals surface area (Å²) in [7, 11) is -3.54. The van der Waals surface area contributed by atoms with Gasteiger partial charge in [0, 0.05) is 44.1 Å². The lowest BCUT2D eigenvalue weighted by Gasteiger charge is -2.26. The molecule has 0 aromatic heterocycles. The van der Waals surface area contributed by atoms with Crippen LogP contribution in [-0.4, -0.2) is 64.2 Å². The number of carbonyl (C=O) groups excluding carboxylic acids is 2. The molecule has 0 bridgehead atoms. The molecular weight excluding hydrogens is 434 g/mol. The number of anilines is 2. The van der Waals surface area contributed by atoms with E-state index in [2.05, 4.69) is 16.0 Å². The molecule has 4 rings (SSSR count). The van der Waals surface area contributed by atoms with Crippen molar-refractivity contribution in [2.75, 3.05) is 49.6 Å². The van der Waals surface area contributed by atoms with E-state index in [4.69, 9.17) is 4.74 Å². The van der Waals surface area contributed by atoms with Crippen molar-refractivity contribution in [3.63, 3.8) is 0 Å². The minimum Gasteiger partial charge on any atom is -0.379 e. The summed E-state index contributed by atoms with van der Waals surface area (Å²) < 4.78 is 32.0. The molecule has 0 radical (unpaired) electrons. The average molecular weight is 460 g/mol. The standard InChI is InChI=1S/C21H25N5O5S/c27-20(24-17-2-1-3-18(14-17)26-9-8-22-21(26)28)23-15-16-4-6-19(7-5-16)32(29,30)25-10-12-31-13-11-25/h1-7,14H,8-13,15H2,(H,22,28)(H2,23,24,27). The predicted octanol–water partition coefficient (Wildman–Crippen LogP) is 1.56. The zero-order chi connectivity index (χ0) is 22.6. The Kier molecular flexibility index (Phi) is 6.58. The van der Waals surface area contributed by atoms with Crippen LogP contribution in [0.25, 0.3) is 0 Å². The Bertz CT molecular complexity index is 1080. The smallest absolute Gasteiger partial charge is 0.321 e. The molecule has 4 amide bonds. The van der Waals surface area contributed by atoms with Crippen LogP contribution in [0.2, 0.25) is 0 Å². The molecule has 2 aliphatic heterocycles. The van der Waals surface area contributed by atoms with E-state index in [0.717, 1.165) is 5.56 Å². The van der Waals surface area contributed by atoms with E-state index in [1.165, 1.54) is 4.31 Å². The molecule has 11 heteroatoms. The van der Waals surface area contributed by atoms with Gasteiger partial charge in [-0.2, -0.15) is 4.31 Å². The number of carbonyl (C=O) groups is 2. The van der Waals surface area contributed by atoms with Crippen LogP contribution in [0.4, 0.5) is 21.0 Å². The number of nitrogens with one attached hydrogen (secondary N) is 3. The topological polar surface area (TPSA) is 120 Å². The van der Waals surface area contributed by atoms with Gasteiger partial charge >= 0.3 is 12.1 Å². The van der Waals surface area contributed by atoms with E-state index in [1.54, 1.807) is 53.4 Å². The van der Waals surface area contributed by atoms with E-state index in [-0.39, 0.29) is 17.5 Å². The lowest BCUT2D eigenvalue weighted by atomic mass is 10.2. The molecular formula is C21H25N5O5S. The fourth-order valence-corrected chi connectivity index (χ4v) is 4.95. The maximum Gasteiger partial charge on any atom is 0.321 e. The van der Waals surface area contributed by atoms with Gasteiger partial charge in [0.05, 0.1) is 18.1 Å². The molecule has 170 valence electrons. The molecule has 3 N–H and O–H groups in total. The first-order valence-corrected chi connectivity index (χ1v) is 11.7. The molecule has 2 heterocycles. The highest BCUT2D eigenvalue weighted by Gasteiger charge is 2.26. The van der Waals surface area contributed by atoms with Crippen LogP contribution in [0.3, 0.4) is 0 Å². The highest BCUT2D eigenvalue weighted by atomic mass is 32.2. The first-order chi connectivity index (χ1) is 15.4. The third-order valence-corrected chi connectivity index (χ3v) is 7.17. The third-order valence-electron chi connectivity index (χ3n) is 5.26. The molecule has 0 unspecified atom stereocenters. The van der Waals surface area contributed by atoms with Gasteiger partial charge in [0.1, 0.15) is 0 Å². The van der Waals surface area contributed by atoms with Gasteiger partial charge in [0.25, 0.3) is 0 Å². The number of nitrogens with zero attached hydrogens (tertiary/aromatic N) is 2. The van der Waals surface area contributed by atoms with Gasteiger partial charge in [0.15, 0.2) is 0 Å². The van der Waals surface area contributed by atoms with Crippen molar-refractivity contribution in [1.29, 1.82) is 0 Å². The number of hydrogen-bond donors (Lipinski definition) is 3. The van der Waals surface area contributed by atoms with Crippen LogP contribution < -0.4 is 20.9 Å². The minimum absolute atomic E-state index is 0.161. The Labute approximate surface area is 186 Å². The number of benzene rings is 2. The van der Waals surface area contributed by atoms with Crippen LogP contribution in [-0.2, 0) is 21.3 Å². The van der Waals surface area contributed by atoms with Crippen molar-refractivity contribution < 1.29 is 22.7 Å². The summed E-state index contributed by atoms with van der Waals surface area (Å²) in [6.45, 7) is 2.87. The van der Waals surface area contributed by atoms with Crippen LogP contribution in [0, 0.1) is 0 Å². The predicted molar refractivity (Wildman–Crippen MR) is 119 cm³/mol. The number of ether oxygens (including phenoxy) is 1. The molecule has 0 aliphatic carbocycles. The van der Waals surface area contributed by atoms with Gasteiger partial charge < -0.3 is 20.7 Å². The normalized spacial score (nSPS) is 17.1. The van der Waals surface area contributed by atoms with Crippen molar-refractivity contribution in [3.8, 4) is 0 Å². The van der Waals surface area contributed by atoms with E-state index < -0.39 is 16.1 Å². The summed E-state index contributed by atoms with van der Waals surface area (Å²) in [5, 5.41) is 8.23. The second-order valence-corrected chi connectivity index (χ2v) is 9.34. The van der Waals surface area contributed by atoms with Crippen LogP contribution in [0.5, 0.6) is 0 Å². The fourth-order valence-electron chi connectivity index (χ4n) is 3.54. The maximum atomic E-state index is 12.7. The summed E-state index contributed by atoms with van der Waals surface area (Å²) in [5.41, 5.74) is 2.03. The second-order valence-electron chi connectivity index (χ2n) is 7.40. The number of morpholine rings is 1. The van der Waals surface area contributed by atoms with Gasteiger partial charge in [0.2, 0.25) is 10.0 Å². The molecule has 2 aromatic rings. The number of urea groups is 2. The van der Waals surface area contributed by atoms with E-state index in [9.17, 15) is 18.0 Å². The summed E-state index contributed by atoms with van der Waals surface area (Å²) in [6, 6.07) is 12.9. The van der Waals surface area contributed by atoms with Gasteiger partial charge in [-0.05, 0) is 35.9 Å². The minimum atomic E-state index is -3.54. The summed E-state index contributed by atoms with van der Waals surface area (Å²) in [6.07, 6.45) is 0. The van der Waals surface area contributed by atoms with Crippen molar-refractivity contribution in [2.45, 2.75) is 11.4 Å². The first-order valence-electron chi connectivity index (χ1n) is 10.3. The number of rotatable bonds is 6. The van der Waals surface area contributed by atoms with Crippen molar-refractivity contribution in [3.05, 3.63) is 54.1 Å². The molecule has 0 atom stereocenters. The Morgan fingerprint density at radius 2 is 1.81 bits per heavy atom. The molecule has 32 heavy (non-hydrogen) atoms.